The summed E-state index contributed by atoms with van der Waals surface area (Å²) in [7, 11) is 1.65. The fraction of sp³-hybridized carbons (Fsp3) is 0.935. The van der Waals surface area contributed by atoms with Gasteiger partial charge in [0, 0.05) is 46.8 Å². The Balaban J connectivity index is 3.09. The highest BCUT2D eigenvalue weighted by atomic mass is 16.6. The van der Waals surface area contributed by atoms with Crippen molar-refractivity contribution in [2.75, 3.05) is 159 Å². The normalized spacial score (nSPS) is 11.3. The van der Waals surface area contributed by atoms with E-state index in [9.17, 15) is 9.59 Å². The zero-order valence-corrected chi connectivity index (χ0v) is 28.4. The van der Waals surface area contributed by atoms with Gasteiger partial charge in [0.05, 0.1) is 126 Å². The molecular formula is C31H62N2O13. The van der Waals surface area contributed by atoms with Gasteiger partial charge in [-0.1, -0.05) is 0 Å². The maximum absolute atomic E-state index is 11.6. The van der Waals surface area contributed by atoms with Gasteiger partial charge >= 0.3 is 0 Å². The first-order valence-corrected chi connectivity index (χ1v) is 16.4. The van der Waals surface area contributed by atoms with E-state index in [-0.39, 0.29) is 18.2 Å². The molecule has 0 aromatic carbocycles. The average Bonchev–Trinajstić information content (AvgIpc) is 3.05. The number of methoxy groups -OCH3 is 1. The molecule has 0 rings (SSSR count). The van der Waals surface area contributed by atoms with Gasteiger partial charge < -0.3 is 62.7 Å². The Bertz CT molecular complexity index is 635. The molecule has 0 aromatic rings. The van der Waals surface area contributed by atoms with Crippen LogP contribution in [-0.4, -0.2) is 171 Å². The second kappa shape index (κ2) is 39.7. The van der Waals surface area contributed by atoms with Gasteiger partial charge in [0.2, 0.25) is 11.8 Å². The number of carbonyl (C=O) groups is 2. The minimum Gasteiger partial charge on any atom is -0.382 e. The number of carbonyl (C=O) groups excluding carboxylic acids is 2. The largest absolute Gasteiger partial charge is 0.382 e. The summed E-state index contributed by atoms with van der Waals surface area (Å²) in [6.45, 7) is 13.5. The molecule has 15 nitrogen and oxygen atoms in total. The lowest BCUT2D eigenvalue weighted by atomic mass is 10.2. The third-order valence-electron chi connectivity index (χ3n) is 5.78. The van der Waals surface area contributed by atoms with Gasteiger partial charge in [-0.25, -0.2) is 0 Å². The molecule has 0 saturated carbocycles. The molecule has 0 radical (unpaired) electrons. The van der Waals surface area contributed by atoms with Crippen LogP contribution < -0.4 is 10.6 Å². The van der Waals surface area contributed by atoms with Crippen LogP contribution in [0.1, 0.15) is 32.6 Å². The van der Waals surface area contributed by atoms with Crippen molar-refractivity contribution in [2.45, 2.75) is 32.6 Å². The van der Waals surface area contributed by atoms with Crippen molar-refractivity contribution >= 4 is 11.8 Å². The average molecular weight is 671 g/mol. The highest BCUT2D eigenvalue weighted by molar-refractivity contribution is 5.76. The van der Waals surface area contributed by atoms with E-state index in [1.165, 1.54) is 6.92 Å². The molecule has 0 bridgehead atoms. The summed E-state index contributed by atoms with van der Waals surface area (Å²) >= 11 is 0. The fourth-order valence-corrected chi connectivity index (χ4v) is 3.38. The number of nitrogens with one attached hydrogen (secondary N) is 2. The Kier molecular flexibility index (Phi) is 38.4. The molecule has 0 fully saturated rings. The van der Waals surface area contributed by atoms with Crippen molar-refractivity contribution in [1.29, 1.82) is 0 Å². The molecule has 0 saturated heterocycles. The van der Waals surface area contributed by atoms with Crippen molar-refractivity contribution in [1.82, 2.24) is 10.6 Å². The summed E-state index contributed by atoms with van der Waals surface area (Å²) in [4.78, 5) is 22.3. The molecule has 0 atom stereocenters. The standard InChI is InChI=1S/C31H62N2O13/c1-30(34)32-7-8-33-31(35)6-11-39-16-19-43-24-27-45-25-22-41-17-14-37-9-4-3-5-10-38-15-18-42-23-26-46-29-28-44-21-20-40-13-12-36-2/h3-29H2,1-2H3,(H,32,34)(H,33,35). The van der Waals surface area contributed by atoms with Gasteiger partial charge in [0.1, 0.15) is 0 Å². The Morgan fingerprint density at radius 3 is 1.04 bits per heavy atom. The monoisotopic (exact) mass is 670 g/mol. The summed E-state index contributed by atoms with van der Waals surface area (Å²) in [5.41, 5.74) is 0. The van der Waals surface area contributed by atoms with Gasteiger partial charge in [0.25, 0.3) is 0 Å². The van der Waals surface area contributed by atoms with Crippen LogP contribution in [0.3, 0.4) is 0 Å². The lowest BCUT2D eigenvalue weighted by Crippen LogP contribution is -2.34. The smallest absolute Gasteiger partial charge is 0.222 e. The summed E-state index contributed by atoms with van der Waals surface area (Å²) in [5.74, 6) is -0.232. The Morgan fingerprint density at radius 2 is 0.696 bits per heavy atom. The highest BCUT2D eigenvalue weighted by Crippen LogP contribution is 1.97. The van der Waals surface area contributed by atoms with E-state index in [1.807, 2.05) is 0 Å². The third-order valence-corrected chi connectivity index (χ3v) is 5.78. The third kappa shape index (κ3) is 40.5. The Hall–Kier alpha value is -1.50. The first kappa shape index (κ1) is 44.5. The van der Waals surface area contributed by atoms with E-state index in [2.05, 4.69) is 10.6 Å². The maximum Gasteiger partial charge on any atom is 0.222 e. The van der Waals surface area contributed by atoms with E-state index in [0.717, 1.165) is 25.9 Å². The summed E-state index contributed by atoms with van der Waals surface area (Å²) in [6, 6.07) is 0. The highest BCUT2D eigenvalue weighted by Gasteiger charge is 2.01. The maximum atomic E-state index is 11.6. The molecule has 2 N–H and O–H groups in total. The molecule has 0 unspecified atom stereocenters. The summed E-state index contributed by atoms with van der Waals surface area (Å²) < 4.78 is 59.5. The number of hydrogen-bond donors (Lipinski definition) is 2. The van der Waals surface area contributed by atoms with Crippen LogP contribution >= 0.6 is 0 Å². The van der Waals surface area contributed by atoms with Crippen molar-refractivity contribution in [3.63, 3.8) is 0 Å². The second-order valence-corrected chi connectivity index (χ2v) is 9.76. The number of unbranched alkanes of at least 4 members (excludes halogenated alkanes) is 2. The van der Waals surface area contributed by atoms with Crippen LogP contribution in [0.5, 0.6) is 0 Å². The van der Waals surface area contributed by atoms with Gasteiger partial charge in [-0.15, -0.1) is 0 Å². The lowest BCUT2D eigenvalue weighted by molar-refractivity contribution is -0.123. The van der Waals surface area contributed by atoms with Crippen LogP contribution in [0, 0.1) is 0 Å². The summed E-state index contributed by atoms with van der Waals surface area (Å²) in [6.07, 6.45) is 3.31. The zero-order chi connectivity index (χ0) is 33.4. The van der Waals surface area contributed by atoms with Gasteiger partial charge in [-0.2, -0.15) is 0 Å². The van der Waals surface area contributed by atoms with Crippen molar-refractivity contribution in [2.24, 2.45) is 0 Å². The topological polar surface area (TPSA) is 160 Å². The molecule has 0 heterocycles. The number of amides is 2. The lowest BCUT2D eigenvalue weighted by Gasteiger charge is -2.09. The SMILES string of the molecule is COCCOCCOCCOCCOCCOCCCCCOCCOCCOCCOCCOCCC(=O)NCCNC(C)=O. The van der Waals surface area contributed by atoms with Crippen molar-refractivity contribution < 1.29 is 61.7 Å². The number of hydrogen-bond acceptors (Lipinski definition) is 13. The van der Waals surface area contributed by atoms with E-state index < -0.39 is 0 Å². The number of rotatable bonds is 39. The number of ether oxygens (including phenoxy) is 11. The predicted molar refractivity (Wildman–Crippen MR) is 170 cm³/mol. The minimum absolute atomic E-state index is 0.113. The van der Waals surface area contributed by atoms with E-state index in [1.54, 1.807) is 7.11 Å². The van der Waals surface area contributed by atoms with Crippen LogP contribution in [0.25, 0.3) is 0 Å². The van der Waals surface area contributed by atoms with E-state index >= 15 is 0 Å². The van der Waals surface area contributed by atoms with E-state index in [4.69, 9.17) is 52.1 Å². The molecular weight excluding hydrogens is 608 g/mol. The molecule has 2 amide bonds. The molecule has 0 aliphatic heterocycles. The van der Waals surface area contributed by atoms with Crippen molar-refractivity contribution in [3.05, 3.63) is 0 Å². The Labute approximate surface area is 275 Å². The predicted octanol–water partition coefficient (Wildman–Crippen LogP) is 0.612. The van der Waals surface area contributed by atoms with Gasteiger partial charge in [-0.3, -0.25) is 9.59 Å². The van der Waals surface area contributed by atoms with Crippen LogP contribution in [0.4, 0.5) is 0 Å². The van der Waals surface area contributed by atoms with E-state index in [0.29, 0.717) is 145 Å². The molecule has 0 aliphatic rings. The molecule has 0 aliphatic carbocycles. The molecule has 0 spiro atoms. The first-order valence-electron chi connectivity index (χ1n) is 16.4. The van der Waals surface area contributed by atoms with Crippen LogP contribution in [0.15, 0.2) is 0 Å². The molecule has 15 heteroatoms. The first-order chi connectivity index (χ1) is 22.7. The van der Waals surface area contributed by atoms with Crippen LogP contribution in [-0.2, 0) is 61.7 Å². The molecule has 46 heavy (non-hydrogen) atoms. The quantitative estimate of drug-likeness (QED) is 0.0877. The zero-order valence-electron chi connectivity index (χ0n) is 28.4. The second-order valence-electron chi connectivity index (χ2n) is 9.76. The molecule has 274 valence electrons. The summed E-state index contributed by atoms with van der Waals surface area (Å²) in [5, 5.41) is 5.31. The Morgan fingerprint density at radius 1 is 0.391 bits per heavy atom. The van der Waals surface area contributed by atoms with Crippen LogP contribution in [0.2, 0.25) is 0 Å². The van der Waals surface area contributed by atoms with Crippen molar-refractivity contribution in [3.8, 4) is 0 Å². The fourth-order valence-electron chi connectivity index (χ4n) is 3.38. The molecule has 0 aromatic heterocycles. The van der Waals surface area contributed by atoms with Gasteiger partial charge in [-0.05, 0) is 19.3 Å². The van der Waals surface area contributed by atoms with Gasteiger partial charge in [0.15, 0.2) is 0 Å². The minimum atomic E-state index is -0.119.